The molecule has 0 amide bonds. The monoisotopic (exact) mass is 354 g/mol. The minimum Gasteiger partial charge on any atom is -0.207 e. The second-order valence-corrected chi connectivity index (χ2v) is 7.93. The van der Waals surface area contributed by atoms with Crippen molar-refractivity contribution in [2.24, 2.45) is 11.8 Å². The number of aromatic nitrogens is 2. The van der Waals surface area contributed by atoms with Gasteiger partial charge in [0.1, 0.15) is 5.82 Å². The van der Waals surface area contributed by atoms with E-state index in [9.17, 15) is 4.39 Å². The van der Waals surface area contributed by atoms with Gasteiger partial charge in [0.25, 0.3) is 0 Å². The summed E-state index contributed by atoms with van der Waals surface area (Å²) in [7, 11) is 0. The summed E-state index contributed by atoms with van der Waals surface area (Å²) in [5.74, 6) is 1.61. The number of nitrogens with zero attached hydrogens (tertiary/aromatic N) is 2. The van der Waals surface area contributed by atoms with Gasteiger partial charge >= 0.3 is 0 Å². The molecule has 1 aliphatic carbocycles. The average molecular weight is 355 g/mol. The van der Waals surface area contributed by atoms with Crippen molar-refractivity contribution in [2.45, 2.75) is 71.6 Å². The third-order valence-electron chi connectivity index (χ3n) is 5.90. The molecule has 0 N–H and O–H groups in total. The summed E-state index contributed by atoms with van der Waals surface area (Å²) in [5, 5.41) is 8.21. The van der Waals surface area contributed by atoms with E-state index in [0.29, 0.717) is 0 Å². The number of hydrogen-bond acceptors (Lipinski definition) is 2. The molecule has 0 atom stereocenters. The smallest absolute Gasteiger partial charge is 0.127 e. The maximum Gasteiger partial charge on any atom is 0.127 e. The van der Waals surface area contributed by atoms with Crippen LogP contribution in [0.25, 0.3) is 11.3 Å². The molecular weight excluding hydrogens is 323 g/mol. The first-order chi connectivity index (χ1) is 12.7. The van der Waals surface area contributed by atoms with Gasteiger partial charge in [-0.2, -0.15) is 10.2 Å². The van der Waals surface area contributed by atoms with E-state index in [1.807, 2.05) is 31.2 Å². The maximum absolute atomic E-state index is 14.5. The number of hydrogen-bond donors (Lipinski definition) is 0. The fraction of sp³-hybridized carbons (Fsp3) is 0.565. The van der Waals surface area contributed by atoms with Crippen LogP contribution in [-0.4, -0.2) is 10.2 Å². The van der Waals surface area contributed by atoms with Crippen molar-refractivity contribution in [3.05, 3.63) is 47.4 Å². The van der Waals surface area contributed by atoms with Crippen molar-refractivity contribution in [3.8, 4) is 11.3 Å². The normalized spacial score (nSPS) is 20.3. The molecule has 0 unspecified atom stereocenters. The van der Waals surface area contributed by atoms with Gasteiger partial charge in [0.2, 0.25) is 0 Å². The second kappa shape index (κ2) is 9.25. The first kappa shape index (κ1) is 19.0. The zero-order valence-corrected chi connectivity index (χ0v) is 16.2. The van der Waals surface area contributed by atoms with E-state index < -0.39 is 0 Å². The van der Waals surface area contributed by atoms with Gasteiger partial charge in [-0.25, -0.2) is 4.39 Å². The molecule has 0 radical (unpaired) electrons. The lowest BCUT2D eigenvalue weighted by molar-refractivity contribution is 0.249. The quantitative estimate of drug-likeness (QED) is 0.565. The van der Waals surface area contributed by atoms with E-state index in [1.54, 1.807) is 6.07 Å². The molecule has 1 fully saturated rings. The van der Waals surface area contributed by atoms with Crippen molar-refractivity contribution < 1.29 is 4.39 Å². The number of benzene rings is 1. The van der Waals surface area contributed by atoms with Gasteiger partial charge in [-0.1, -0.05) is 64.0 Å². The molecule has 0 spiro atoms. The van der Waals surface area contributed by atoms with E-state index in [-0.39, 0.29) is 5.82 Å². The zero-order valence-electron chi connectivity index (χ0n) is 16.2. The molecule has 1 aliphatic rings. The van der Waals surface area contributed by atoms with Crippen LogP contribution in [0.3, 0.4) is 0 Å². The Morgan fingerprint density at radius 2 is 1.69 bits per heavy atom. The largest absolute Gasteiger partial charge is 0.207 e. The van der Waals surface area contributed by atoms with Crippen LogP contribution in [0.15, 0.2) is 30.3 Å². The van der Waals surface area contributed by atoms with Crippen LogP contribution in [0.1, 0.15) is 69.5 Å². The lowest BCUT2D eigenvalue weighted by Gasteiger charge is -2.28. The molecule has 1 aromatic carbocycles. The summed E-state index contributed by atoms with van der Waals surface area (Å²) >= 11 is 0. The summed E-state index contributed by atoms with van der Waals surface area (Å²) in [4.78, 5) is 0. The number of halogens is 1. The summed E-state index contributed by atoms with van der Waals surface area (Å²) in [6.45, 7) is 4.18. The van der Waals surface area contributed by atoms with Gasteiger partial charge < -0.3 is 0 Å². The molecule has 1 saturated carbocycles. The van der Waals surface area contributed by atoms with E-state index >= 15 is 0 Å². The topological polar surface area (TPSA) is 25.8 Å². The molecular formula is C23H31FN2. The molecule has 140 valence electrons. The van der Waals surface area contributed by atoms with Crippen molar-refractivity contribution in [2.75, 3.05) is 0 Å². The van der Waals surface area contributed by atoms with Crippen LogP contribution in [-0.2, 0) is 6.42 Å². The van der Waals surface area contributed by atoms with Crippen LogP contribution >= 0.6 is 0 Å². The van der Waals surface area contributed by atoms with Crippen molar-refractivity contribution >= 4 is 0 Å². The van der Waals surface area contributed by atoms with Crippen LogP contribution in [0, 0.1) is 24.6 Å². The Morgan fingerprint density at radius 3 is 2.31 bits per heavy atom. The molecule has 1 heterocycles. The second-order valence-electron chi connectivity index (χ2n) is 7.93. The van der Waals surface area contributed by atoms with E-state index in [2.05, 4.69) is 17.1 Å². The molecule has 0 saturated heterocycles. The highest BCUT2D eigenvalue weighted by atomic mass is 19.1. The Balaban J connectivity index is 1.52. The van der Waals surface area contributed by atoms with E-state index in [0.717, 1.165) is 47.2 Å². The lowest BCUT2D eigenvalue weighted by atomic mass is 9.78. The molecule has 2 aromatic rings. The minimum absolute atomic E-state index is 0.110. The van der Waals surface area contributed by atoms with Gasteiger partial charge in [-0.15, -0.1) is 0 Å². The van der Waals surface area contributed by atoms with Gasteiger partial charge in [-0.3, -0.25) is 0 Å². The molecule has 0 bridgehead atoms. The molecule has 26 heavy (non-hydrogen) atoms. The van der Waals surface area contributed by atoms with Crippen molar-refractivity contribution in [1.29, 1.82) is 0 Å². The Hall–Kier alpha value is -1.77. The van der Waals surface area contributed by atoms with E-state index in [4.69, 9.17) is 0 Å². The summed E-state index contributed by atoms with van der Waals surface area (Å²) < 4.78 is 14.5. The molecule has 3 rings (SSSR count). The molecule has 1 aromatic heterocycles. The number of aryl methyl sites for hydroxylation is 2. The Kier molecular flexibility index (Phi) is 6.76. The SMILES string of the molecule is CCCCC1CCC(CCc2ccc(-c3ccc(C)nn3)cc2F)CC1. The predicted octanol–water partition coefficient (Wildman–Crippen LogP) is 6.52. The Labute approximate surface area is 157 Å². The van der Waals surface area contributed by atoms with Crippen LogP contribution in [0.5, 0.6) is 0 Å². The number of rotatable bonds is 7. The number of unbranched alkanes of at least 4 members (excludes halogenated alkanes) is 1. The Morgan fingerprint density at radius 1 is 0.962 bits per heavy atom. The summed E-state index contributed by atoms with van der Waals surface area (Å²) in [5.41, 5.74) is 3.24. The maximum atomic E-state index is 14.5. The van der Waals surface area contributed by atoms with Crippen molar-refractivity contribution in [1.82, 2.24) is 10.2 Å². The first-order valence-corrected chi connectivity index (χ1v) is 10.2. The molecule has 0 aliphatic heterocycles. The third-order valence-corrected chi connectivity index (χ3v) is 5.90. The summed E-state index contributed by atoms with van der Waals surface area (Å²) in [6.07, 6.45) is 11.4. The van der Waals surface area contributed by atoms with Gasteiger partial charge in [0, 0.05) is 5.56 Å². The first-order valence-electron chi connectivity index (χ1n) is 10.2. The predicted molar refractivity (Wildman–Crippen MR) is 105 cm³/mol. The van der Waals surface area contributed by atoms with Crippen LogP contribution < -0.4 is 0 Å². The zero-order chi connectivity index (χ0) is 18.4. The van der Waals surface area contributed by atoms with Crippen LogP contribution in [0.4, 0.5) is 4.39 Å². The Bertz CT molecular complexity index is 688. The van der Waals surface area contributed by atoms with Gasteiger partial charge in [-0.05, 0) is 55.4 Å². The molecule has 2 nitrogen and oxygen atoms in total. The fourth-order valence-corrected chi connectivity index (χ4v) is 4.12. The van der Waals surface area contributed by atoms with Gasteiger partial charge in [0.05, 0.1) is 11.4 Å². The van der Waals surface area contributed by atoms with Crippen molar-refractivity contribution in [3.63, 3.8) is 0 Å². The highest BCUT2D eigenvalue weighted by Crippen LogP contribution is 2.34. The highest BCUT2D eigenvalue weighted by molar-refractivity contribution is 5.59. The standard InChI is InChI=1S/C23H31FN2/c1-3-4-5-18-7-9-19(10-8-18)11-12-20-13-14-21(16-22(20)24)23-15-6-17(2)25-26-23/h6,13-16,18-19H,3-5,7-12H2,1-2H3. The molecule has 3 heteroatoms. The lowest BCUT2D eigenvalue weighted by Crippen LogP contribution is -2.15. The average Bonchev–Trinajstić information content (AvgIpc) is 2.67. The third kappa shape index (κ3) is 5.12. The summed E-state index contributed by atoms with van der Waals surface area (Å²) in [6, 6.07) is 9.31. The fourth-order valence-electron chi connectivity index (χ4n) is 4.12. The van der Waals surface area contributed by atoms with E-state index in [1.165, 1.54) is 44.9 Å². The highest BCUT2D eigenvalue weighted by Gasteiger charge is 2.21. The van der Waals surface area contributed by atoms with Gasteiger partial charge in [0.15, 0.2) is 0 Å². The minimum atomic E-state index is -0.110. The van der Waals surface area contributed by atoms with Crippen LogP contribution in [0.2, 0.25) is 0 Å².